The molecule has 1 aliphatic rings. The molecular formula is C17H26FN3O2. The molecule has 0 spiro atoms. The van der Waals surface area contributed by atoms with Gasteiger partial charge in [-0.15, -0.1) is 0 Å². The van der Waals surface area contributed by atoms with E-state index in [0.717, 1.165) is 0 Å². The lowest BCUT2D eigenvalue weighted by Gasteiger charge is -2.36. The number of hydrogen-bond acceptors (Lipinski definition) is 4. The van der Waals surface area contributed by atoms with Gasteiger partial charge in [0.25, 0.3) is 0 Å². The molecule has 1 saturated heterocycles. The summed E-state index contributed by atoms with van der Waals surface area (Å²) in [5, 5.41) is 9.29. The SMILES string of the molecule is CC(O)CCN(C)CC(=O)N1CCN(c2ccccc2F)CC1. The normalized spacial score (nSPS) is 16.7. The number of aliphatic hydroxyl groups is 1. The number of likely N-dealkylation sites (N-methyl/N-ethyl adjacent to an activating group) is 1. The van der Waals surface area contributed by atoms with E-state index in [-0.39, 0.29) is 17.8 Å². The standard InChI is InChI=1S/C17H26FN3O2/c1-14(22)7-8-19(2)13-17(23)21-11-9-20(10-12-21)16-6-4-3-5-15(16)18/h3-6,14,22H,7-13H2,1-2H3. The summed E-state index contributed by atoms with van der Waals surface area (Å²) in [6.45, 7) is 5.30. The minimum Gasteiger partial charge on any atom is -0.393 e. The van der Waals surface area contributed by atoms with Crippen LogP contribution in [0.5, 0.6) is 0 Å². The minimum atomic E-state index is -0.350. The average molecular weight is 323 g/mol. The van der Waals surface area contributed by atoms with Gasteiger partial charge in [0.2, 0.25) is 5.91 Å². The molecule has 1 aromatic rings. The number of piperazine rings is 1. The number of anilines is 1. The smallest absolute Gasteiger partial charge is 0.236 e. The number of halogens is 1. The van der Waals surface area contributed by atoms with E-state index in [4.69, 9.17) is 0 Å². The predicted octanol–water partition coefficient (Wildman–Crippen LogP) is 1.18. The lowest BCUT2D eigenvalue weighted by Crippen LogP contribution is -2.51. The lowest BCUT2D eigenvalue weighted by molar-refractivity contribution is -0.132. The van der Waals surface area contributed by atoms with Crippen molar-refractivity contribution in [1.29, 1.82) is 0 Å². The molecule has 1 N–H and O–H groups in total. The number of benzene rings is 1. The molecule has 0 aliphatic carbocycles. The molecule has 1 unspecified atom stereocenters. The zero-order chi connectivity index (χ0) is 16.8. The molecule has 1 aliphatic heterocycles. The predicted molar refractivity (Wildman–Crippen MR) is 89.0 cm³/mol. The lowest BCUT2D eigenvalue weighted by atomic mass is 10.2. The molecule has 1 amide bonds. The number of amides is 1. The van der Waals surface area contributed by atoms with E-state index in [0.29, 0.717) is 51.4 Å². The minimum absolute atomic E-state index is 0.0891. The largest absolute Gasteiger partial charge is 0.393 e. The summed E-state index contributed by atoms with van der Waals surface area (Å²) in [4.78, 5) is 18.0. The van der Waals surface area contributed by atoms with Crippen LogP contribution in [0.2, 0.25) is 0 Å². The maximum absolute atomic E-state index is 13.8. The number of aliphatic hydroxyl groups excluding tert-OH is 1. The topological polar surface area (TPSA) is 47.0 Å². The van der Waals surface area contributed by atoms with Gasteiger partial charge in [0, 0.05) is 32.7 Å². The Balaban J connectivity index is 1.80. The highest BCUT2D eigenvalue weighted by Gasteiger charge is 2.23. The van der Waals surface area contributed by atoms with Crippen molar-refractivity contribution < 1.29 is 14.3 Å². The van der Waals surface area contributed by atoms with Crippen molar-refractivity contribution >= 4 is 11.6 Å². The summed E-state index contributed by atoms with van der Waals surface area (Å²) in [5.74, 6) is -0.128. The highest BCUT2D eigenvalue weighted by atomic mass is 19.1. The molecule has 23 heavy (non-hydrogen) atoms. The van der Waals surface area contributed by atoms with Crippen LogP contribution in [0.25, 0.3) is 0 Å². The molecule has 5 nitrogen and oxygen atoms in total. The highest BCUT2D eigenvalue weighted by molar-refractivity contribution is 5.78. The zero-order valence-electron chi connectivity index (χ0n) is 13.9. The van der Waals surface area contributed by atoms with E-state index in [9.17, 15) is 14.3 Å². The summed E-state index contributed by atoms with van der Waals surface area (Å²) >= 11 is 0. The van der Waals surface area contributed by atoms with Gasteiger partial charge in [0.05, 0.1) is 18.3 Å². The van der Waals surface area contributed by atoms with Gasteiger partial charge >= 0.3 is 0 Å². The van der Waals surface area contributed by atoms with Crippen molar-refractivity contribution in [3.05, 3.63) is 30.1 Å². The number of carbonyl (C=O) groups is 1. The molecule has 0 saturated carbocycles. The van der Waals surface area contributed by atoms with Gasteiger partial charge in [-0.1, -0.05) is 12.1 Å². The zero-order valence-corrected chi connectivity index (χ0v) is 13.9. The van der Waals surface area contributed by atoms with Gasteiger partial charge in [-0.3, -0.25) is 9.69 Å². The van der Waals surface area contributed by atoms with Crippen molar-refractivity contribution in [3.8, 4) is 0 Å². The van der Waals surface area contributed by atoms with Gasteiger partial charge in [-0.25, -0.2) is 4.39 Å². The number of para-hydroxylation sites is 1. The van der Waals surface area contributed by atoms with Crippen molar-refractivity contribution in [2.75, 3.05) is 51.2 Å². The second-order valence-corrected chi connectivity index (χ2v) is 6.19. The van der Waals surface area contributed by atoms with Crippen LogP contribution in [-0.4, -0.2) is 73.2 Å². The van der Waals surface area contributed by atoms with Crippen LogP contribution in [-0.2, 0) is 4.79 Å². The second kappa shape index (κ2) is 8.26. The van der Waals surface area contributed by atoms with E-state index >= 15 is 0 Å². The maximum atomic E-state index is 13.8. The first-order valence-electron chi connectivity index (χ1n) is 8.11. The number of rotatable bonds is 6. The summed E-state index contributed by atoms with van der Waals surface area (Å²) < 4.78 is 13.8. The Morgan fingerprint density at radius 3 is 2.57 bits per heavy atom. The number of carbonyl (C=O) groups excluding carboxylic acids is 1. The monoisotopic (exact) mass is 323 g/mol. The quantitative estimate of drug-likeness (QED) is 0.854. The van der Waals surface area contributed by atoms with Crippen LogP contribution >= 0.6 is 0 Å². The molecule has 1 atom stereocenters. The van der Waals surface area contributed by atoms with Crippen LogP contribution in [0.15, 0.2) is 24.3 Å². The number of hydrogen-bond donors (Lipinski definition) is 1. The molecule has 0 aromatic heterocycles. The average Bonchev–Trinajstić information content (AvgIpc) is 2.53. The van der Waals surface area contributed by atoms with Gasteiger partial charge in [0.15, 0.2) is 0 Å². The van der Waals surface area contributed by atoms with Gasteiger partial charge in [0.1, 0.15) is 5.82 Å². The van der Waals surface area contributed by atoms with Crippen molar-refractivity contribution in [2.45, 2.75) is 19.4 Å². The third kappa shape index (κ3) is 5.18. The van der Waals surface area contributed by atoms with Gasteiger partial charge in [-0.05, 0) is 32.5 Å². The highest BCUT2D eigenvalue weighted by Crippen LogP contribution is 2.20. The summed E-state index contributed by atoms with van der Waals surface area (Å²) in [5.41, 5.74) is 0.605. The Kier molecular flexibility index (Phi) is 6.36. The second-order valence-electron chi connectivity index (χ2n) is 6.19. The van der Waals surface area contributed by atoms with Crippen molar-refractivity contribution in [1.82, 2.24) is 9.80 Å². The fraction of sp³-hybridized carbons (Fsp3) is 0.588. The molecule has 2 rings (SSSR count). The molecule has 0 radical (unpaired) electrons. The van der Waals surface area contributed by atoms with E-state index in [1.165, 1.54) is 6.07 Å². The summed E-state index contributed by atoms with van der Waals surface area (Å²) in [6.07, 6.45) is 0.307. The third-order valence-electron chi connectivity index (χ3n) is 4.16. The number of nitrogens with zero attached hydrogens (tertiary/aromatic N) is 3. The Hall–Kier alpha value is -1.66. The fourth-order valence-corrected chi connectivity index (χ4v) is 2.72. The first-order valence-corrected chi connectivity index (χ1v) is 8.11. The first kappa shape index (κ1) is 17.7. The first-order chi connectivity index (χ1) is 11.0. The van der Waals surface area contributed by atoms with E-state index in [1.807, 2.05) is 27.8 Å². The molecule has 0 bridgehead atoms. The van der Waals surface area contributed by atoms with Crippen LogP contribution in [0, 0.1) is 5.82 Å². The van der Waals surface area contributed by atoms with Gasteiger partial charge in [-0.2, -0.15) is 0 Å². The van der Waals surface area contributed by atoms with Crippen molar-refractivity contribution in [2.24, 2.45) is 0 Å². The molecule has 1 heterocycles. The van der Waals surface area contributed by atoms with E-state index in [2.05, 4.69) is 0 Å². The Labute approximate surface area is 137 Å². The molecule has 1 aromatic carbocycles. The maximum Gasteiger partial charge on any atom is 0.236 e. The van der Waals surface area contributed by atoms with Crippen LogP contribution in [0.3, 0.4) is 0 Å². The Bertz CT molecular complexity index is 516. The molecule has 128 valence electrons. The van der Waals surface area contributed by atoms with Gasteiger partial charge < -0.3 is 14.9 Å². The van der Waals surface area contributed by atoms with E-state index in [1.54, 1.807) is 19.1 Å². The van der Waals surface area contributed by atoms with Crippen LogP contribution in [0.4, 0.5) is 10.1 Å². The summed E-state index contributed by atoms with van der Waals surface area (Å²) in [7, 11) is 1.88. The van der Waals surface area contributed by atoms with Crippen LogP contribution < -0.4 is 4.90 Å². The van der Waals surface area contributed by atoms with Crippen LogP contribution in [0.1, 0.15) is 13.3 Å². The molecular weight excluding hydrogens is 297 g/mol. The Morgan fingerprint density at radius 2 is 1.96 bits per heavy atom. The van der Waals surface area contributed by atoms with Crippen molar-refractivity contribution in [3.63, 3.8) is 0 Å². The summed E-state index contributed by atoms with van der Waals surface area (Å²) in [6, 6.07) is 6.75. The molecule has 1 fully saturated rings. The molecule has 6 heteroatoms. The Morgan fingerprint density at radius 1 is 1.30 bits per heavy atom. The fourth-order valence-electron chi connectivity index (χ4n) is 2.72. The van der Waals surface area contributed by atoms with E-state index < -0.39 is 0 Å². The third-order valence-corrected chi connectivity index (χ3v) is 4.16.